The highest BCUT2D eigenvalue weighted by molar-refractivity contribution is 6.19. The van der Waals surface area contributed by atoms with Gasteiger partial charge in [0.15, 0.2) is 11.6 Å². The van der Waals surface area contributed by atoms with Crippen LogP contribution in [0.5, 0.6) is 0 Å². The van der Waals surface area contributed by atoms with Gasteiger partial charge in [-0.1, -0.05) is 152 Å². The monoisotopic (exact) mass is 716 g/mol. The van der Waals surface area contributed by atoms with Gasteiger partial charge in [0.1, 0.15) is 0 Å². The van der Waals surface area contributed by atoms with E-state index in [-0.39, 0.29) is 0 Å². The van der Waals surface area contributed by atoms with E-state index in [1.165, 1.54) is 0 Å². The SMILES string of the molecule is c1ccc(-c2cccc(-c3ccccc3-n3c4ccccc4c4cc5c(cc43)c3ccccc3n5-c3nc(-c4ccccc4)nc(-c4ccccc4)n3)n2)cc1. The second kappa shape index (κ2) is 13.0. The molecule has 0 bridgehead atoms. The Hall–Kier alpha value is -7.70. The van der Waals surface area contributed by atoms with Crippen molar-refractivity contribution in [2.45, 2.75) is 0 Å². The molecule has 56 heavy (non-hydrogen) atoms. The van der Waals surface area contributed by atoms with Crippen LogP contribution >= 0.6 is 0 Å². The summed E-state index contributed by atoms with van der Waals surface area (Å²) in [7, 11) is 0. The zero-order valence-corrected chi connectivity index (χ0v) is 30.2. The quantitative estimate of drug-likeness (QED) is 0.172. The third kappa shape index (κ3) is 5.19. The highest BCUT2D eigenvalue weighted by Crippen LogP contribution is 2.41. The smallest absolute Gasteiger partial charge is 0.238 e. The van der Waals surface area contributed by atoms with Gasteiger partial charge in [-0.3, -0.25) is 4.57 Å². The van der Waals surface area contributed by atoms with Gasteiger partial charge in [0, 0.05) is 43.8 Å². The van der Waals surface area contributed by atoms with Crippen LogP contribution in [0.15, 0.2) is 194 Å². The molecule has 0 amide bonds. The van der Waals surface area contributed by atoms with E-state index in [1.807, 2.05) is 66.7 Å². The van der Waals surface area contributed by atoms with Crippen LogP contribution in [0.25, 0.3) is 101 Å². The topological polar surface area (TPSA) is 61.4 Å². The van der Waals surface area contributed by atoms with E-state index in [9.17, 15) is 0 Å². The second-order valence-corrected chi connectivity index (χ2v) is 13.9. The van der Waals surface area contributed by atoms with Crippen LogP contribution in [0.4, 0.5) is 0 Å². The maximum Gasteiger partial charge on any atom is 0.238 e. The maximum atomic E-state index is 5.19. The van der Waals surface area contributed by atoms with Gasteiger partial charge in [0.2, 0.25) is 5.95 Å². The minimum Gasteiger partial charge on any atom is -0.309 e. The molecular formula is C50H32N6. The molecule has 0 atom stereocenters. The summed E-state index contributed by atoms with van der Waals surface area (Å²) in [5.74, 6) is 1.82. The Kier molecular flexibility index (Phi) is 7.38. The predicted molar refractivity (Wildman–Crippen MR) is 228 cm³/mol. The summed E-state index contributed by atoms with van der Waals surface area (Å²) in [6.07, 6.45) is 0. The lowest BCUT2D eigenvalue weighted by molar-refractivity contribution is 0.954. The molecule has 6 heteroatoms. The molecule has 6 nitrogen and oxygen atoms in total. The van der Waals surface area contributed by atoms with E-state index in [2.05, 4.69) is 137 Å². The van der Waals surface area contributed by atoms with Crippen molar-refractivity contribution in [1.82, 2.24) is 29.1 Å². The van der Waals surface area contributed by atoms with Crippen LogP contribution in [-0.4, -0.2) is 29.1 Å². The van der Waals surface area contributed by atoms with Crippen molar-refractivity contribution in [2.75, 3.05) is 0 Å². The van der Waals surface area contributed by atoms with Crippen LogP contribution in [-0.2, 0) is 0 Å². The van der Waals surface area contributed by atoms with E-state index in [1.54, 1.807) is 0 Å². The summed E-state index contributed by atoms with van der Waals surface area (Å²) in [5.41, 5.74) is 11.2. The van der Waals surface area contributed by atoms with E-state index < -0.39 is 0 Å². The molecule has 0 saturated heterocycles. The fraction of sp³-hybridized carbons (Fsp3) is 0. The van der Waals surface area contributed by atoms with Crippen molar-refractivity contribution in [3.63, 3.8) is 0 Å². The van der Waals surface area contributed by atoms with Gasteiger partial charge in [-0.25, -0.2) is 9.97 Å². The molecule has 0 aliphatic rings. The van der Waals surface area contributed by atoms with Crippen molar-refractivity contribution in [3.8, 4) is 56.9 Å². The molecule has 4 aromatic heterocycles. The first-order valence-corrected chi connectivity index (χ1v) is 18.7. The van der Waals surface area contributed by atoms with Crippen LogP contribution in [0.3, 0.4) is 0 Å². The van der Waals surface area contributed by atoms with E-state index in [4.69, 9.17) is 19.9 Å². The minimum atomic E-state index is 0.571. The Morgan fingerprint density at radius 1 is 0.304 bits per heavy atom. The number of rotatable bonds is 6. The number of aromatic nitrogens is 6. The first kappa shape index (κ1) is 31.8. The van der Waals surface area contributed by atoms with Crippen molar-refractivity contribution in [3.05, 3.63) is 194 Å². The van der Waals surface area contributed by atoms with Gasteiger partial charge in [-0.05, 0) is 42.5 Å². The molecule has 0 fully saturated rings. The third-order valence-corrected chi connectivity index (χ3v) is 10.6. The van der Waals surface area contributed by atoms with Gasteiger partial charge >= 0.3 is 0 Å². The first-order chi connectivity index (χ1) is 27.8. The lowest BCUT2D eigenvalue weighted by Crippen LogP contribution is -2.06. The number of fused-ring (bicyclic) bond motifs is 6. The van der Waals surface area contributed by atoms with Crippen molar-refractivity contribution in [1.29, 1.82) is 0 Å². The molecule has 0 unspecified atom stereocenters. The van der Waals surface area contributed by atoms with Crippen molar-refractivity contribution < 1.29 is 0 Å². The largest absolute Gasteiger partial charge is 0.309 e. The standard InChI is InChI=1S/C50H32N6/c1-4-17-33(18-5-1)41-26-16-27-42(51-41)38-25-12-15-30-45(38)55-43-28-13-10-23-36(43)39-32-47-40(31-46(39)55)37-24-11-14-29-44(37)56(47)50-53-48(34-19-6-2-7-20-34)52-49(54-50)35-21-8-3-9-22-35/h1-32H. The van der Waals surface area contributed by atoms with Crippen molar-refractivity contribution >= 4 is 43.6 Å². The molecule has 0 aliphatic heterocycles. The van der Waals surface area contributed by atoms with Crippen LogP contribution < -0.4 is 0 Å². The highest BCUT2D eigenvalue weighted by atomic mass is 15.2. The molecule has 262 valence electrons. The summed E-state index contributed by atoms with van der Waals surface area (Å²) >= 11 is 0. The third-order valence-electron chi connectivity index (χ3n) is 10.6. The average molecular weight is 717 g/mol. The van der Waals surface area contributed by atoms with Gasteiger partial charge in [-0.2, -0.15) is 9.97 Å². The Bertz CT molecular complexity index is 3180. The summed E-state index contributed by atoms with van der Waals surface area (Å²) in [6, 6.07) is 67.3. The molecular weight excluding hydrogens is 685 g/mol. The highest BCUT2D eigenvalue weighted by Gasteiger charge is 2.22. The van der Waals surface area contributed by atoms with E-state index in [0.29, 0.717) is 17.6 Å². The molecule has 7 aromatic carbocycles. The molecule has 0 radical (unpaired) electrons. The van der Waals surface area contributed by atoms with E-state index >= 15 is 0 Å². The zero-order chi connectivity index (χ0) is 37.0. The molecule has 11 rings (SSSR count). The number of hydrogen-bond donors (Lipinski definition) is 0. The van der Waals surface area contributed by atoms with Crippen LogP contribution in [0.1, 0.15) is 0 Å². The van der Waals surface area contributed by atoms with E-state index in [0.717, 1.165) is 82.9 Å². The minimum absolute atomic E-state index is 0.571. The Morgan fingerprint density at radius 3 is 1.41 bits per heavy atom. The number of pyridine rings is 1. The molecule has 11 aromatic rings. The fourth-order valence-corrected chi connectivity index (χ4v) is 8.04. The Balaban J connectivity index is 1.18. The molecule has 0 saturated carbocycles. The molecule has 0 aliphatic carbocycles. The second-order valence-electron chi connectivity index (χ2n) is 13.9. The van der Waals surface area contributed by atoms with Gasteiger partial charge in [0.05, 0.1) is 39.1 Å². The predicted octanol–water partition coefficient (Wildman–Crippen LogP) is 12.1. The normalized spacial score (nSPS) is 11.6. The number of hydrogen-bond acceptors (Lipinski definition) is 4. The lowest BCUT2D eigenvalue weighted by Gasteiger charge is -2.14. The summed E-state index contributed by atoms with van der Waals surface area (Å²) < 4.78 is 4.59. The van der Waals surface area contributed by atoms with Crippen LogP contribution in [0, 0.1) is 0 Å². The van der Waals surface area contributed by atoms with Gasteiger partial charge in [0.25, 0.3) is 0 Å². The number of para-hydroxylation sites is 3. The maximum absolute atomic E-state index is 5.19. The Morgan fingerprint density at radius 2 is 0.786 bits per heavy atom. The van der Waals surface area contributed by atoms with Gasteiger partial charge in [-0.15, -0.1) is 0 Å². The Labute approximate surface area is 322 Å². The summed E-state index contributed by atoms with van der Waals surface area (Å²) in [6.45, 7) is 0. The zero-order valence-electron chi connectivity index (χ0n) is 30.2. The average Bonchev–Trinajstić information content (AvgIpc) is 3.78. The number of benzene rings is 7. The van der Waals surface area contributed by atoms with Crippen molar-refractivity contribution in [2.24, 2.45) is 0 Å². The summed E-state index contributed by atoms with van der Waals surface area (Å²) in [5, 5.41) is 4.53. The van der Waals surface area contributed by atoms with Gasteiger partial charge < -0.3 is 4.57 Å². The first-order valence-electron chi connectivity index (χ1n) is 18.7. The lowest BCUT2D eigenvalue weighted by atomic mass is 10.1. The van der Waals surface area contributed by atoms with Crippen LogP contribution in [0.2, 0.25) is 0 Å². The summed E-state index contributed by atoms with van der Waals surface area (Å²) in [4.78, 5) is 20.5. The molecule has 0 N–H and O–H groups in total. The number of nitrogens with zero attached hydrogens (tertiary/aromatic N) is 6. The molecule has 4 heterocycles. The fourth-order valence-electron chi connectivity index (χ4n) is 8.04. The molecule has 0 spiro atoms.